The van der Waals surface area contributed by atoms with Crippen molar-refractivity contribution in [2.45, 2.75) is 19.5 Å². The van der Waals surface area contributed by atoms with Crippen molar-refractivity contribution < 1.29 is 14.5 Å². The highest BCUT2D eigenvalue weighted by molar-refractivity contribution is 6.30. The third-order valence-electron chi connectivity index (χ3n) is 5.12. The van der Waals surface area contributed by atoms with E-state index in [1.165, 1.54) is 4.90 Å². The molecule has 1 heterocycles. The zero-order chi connectivity index (χ0) is 19.9. The van der Waals surface area contributed by atoms with E-state index in [-0.39, 0.29) is 11.9 Å². The highest BCUT2D eigenvalue weighted by Crippen LogP contribution is 2.19. The summed E-state index contributed by atoms with van der Waals surface area (Å²) in [6, 6.07) is 16.7. The molecule has 7 heteroatoms. The van der Waals surface area contributed by atoms with Gasteiger partial charge in [0, 0.05) is 17.3 Å². The van der Waals surface area contributed by atoms with E-state index in [1.54, 1.807) is 0 Å². The van der Waals surface area contributed by atoms with E-state index in [2.05, 4.69) is 15.5 Å². The number of benzene rings is 2. The number of piperazine rings is 1. The number of amides is 3. The number of carbonyl (C=O) groups is 2. The van der Waals surface area contributed by atoms with Crippen molar-refractivity contribution >= 4 is 29.2 Å². The number of nitrogens with zero attached hydrogens (tertiary/aromatic N) is 1. The molecule has 3 amide bonds. The highest BCUT2D eigenvalue weighted by atomic mass is 35.5. The lowest BCUT2D eigenvalue weighted by Crippen LogP contribution is -3.19. The van der Waals surface area contributed by atoms with E-state index >= 15 is 0 Å². The molecule has 2 aromatic rings. The van der Waals surface area contributed by atoms with E-state index in [0.29, 0.717) is 6.54 Å². The van der Waals surface area contributed by atoms with Crippen LogP contribution >= 0.6 is 11.6 Å². The minimum Gasteiger partial charge on any atom is -0.360 e. The second-order valence-corrected chi connectivity index (χ2v) is 7.44. The maximum atomic E-state index is 12.4. The van der Waals surface area contributed by atoms with Crippen molar-refractivity contribution in [1.82, 2.24) is 10.6 Å². The SMILES string of the molecule is C[C@H](C(=O)NC(=O)NCc1ccccc1)[NH+]1CCN(c2cccc(Cl)c2)CC1. The Labute approximate surface area is 170 Å². The second-order valence-electron chi connectivity index (χ2n) is 7.00. The topological polar surface area (TPSA) is 65.9 Å². The second kappa shape index (κ2) is 9.57. The number of anilines is 1. The maximum Gasteiger partial charge on any atom is 0.321 e. The third kappa shape index (κ3) is 5.47. The molecular weight excluding hydrogens is 376 g/mol. The summed E-state index contributed by atoms with van der Waals surface area (Å²) in [5.74, 6) is -0.253. The molecule has 148 valence electrons. The molecule has 1 saturated heterocycles. The van der Waals surface area contributed by atoms with Crippen molar-refractivity contribution in [2.75, 3.05) is 31.1 Å². The van der Waals surface area contributed by atoms with Gasteiger partial charge in [0.15, 0.2) is 6.04 Å². The van der Waals surface area contributed by atoms with E-state index in [1.807, 2.05) is 61.5 Å². The number of nitrogens with one attached hydrogen (secondary N) is 3. The van der Waals surface area contributed by atoms with Gasteiger partial charge >= 0.3 is 6.03 Å². The summed E-state index contributed by atoms with van der Waals surface area (Å²) in [5, 5.41) is 5.90. The molecule has 0 spiro atoms. The molecule has 1 atom stereocenters. The average Bonchev–Trinajstić information content (AvgIpc) is 2.72. The number of hydrogen-bond acceptors (Lipinski definition) is 3. The number of hydrogen-bond donors (Lipinski definition) is 3. The van der Waals surface area contributed by atoms with Crippen LogP contribution in [0.15, 0.2) is 54.6 Å². The molecular formula is C21H26ClN4O2+. The fourth-order valence-corrected chi connectivity index (χ4v) is 3.57. The van der Waals surface area contributed by atoms with Crippen molar-refractivity contribution in [3.8, 4) is 0 Å². The van der Waals surface area contributed by atoms with E-state index in [0.717, 1.165) is 42.5 Å². The molecule has 0 aliphatic carbocycles. The first kappa shape index (κ1) is 20.2. The highest BCUT2D eigenvalue weighted by Gasteiger charge is 2.30. The van der Waals surface area contributed by atoms with Crippen LogP contribution in [0.2, 0.25) is 5.02 Å². The Kier molecular flexibility index (Phi) is 6.90. The van der Waals surface area contributed by atoms with Crippen molar-refractivity contribution in [2.24, 2.45) is 0 Å². The molecule has 1 aliphatic heterocycles. The fourth-order valence-electron chi connectivity index (χ4n) is 3.39. The van der Waals surface area contributed by atoms with Crippen LogP contribution in [0.1, 0.15) is 12.5 Å². The quantitative estimate of drug-likeness (QED) is 0.710. The predicted octanol–water partition coefficient (Wildman–Crippen LogP) is 1.46. The molecule has 1 aliphatic rings. The van der Waals surface area contributed by atoms with Gasteiger partial charge < -0.3 is 15.1 Å². The van der Waals surface area contributed by atoms with Gasteiger partial charge in [0.25, 0.3) is 5.91 Å². The molecule has 3 rings (SSSR count). The van der Waals surface area contributed by atoms with E-state index < -0.39 is 6.03 Å². The Morgan fingerprint density at radius 3 is 2.50 bits per heavy atom. The zero-order valence-electron chi connectivity index (χ0n) is 16.0. The molecule has 6 nitrogen and oxygen atoms in total. The summed E-state index contributed by atoms with van der Waals surface area (Å²) in [7, 11) is 0. The summed E-state index contributed by atoms with van der Waals surface area (Å²) in [6.45, 7) is 5.59. The largest absolute Gasteiger partial charge is 0.360 e. The molecule has 2 aromatic carbocycles. The third-order valence-corrected chi connectivity index (χ3v) is 5.35. The Balaban J connectivity index is 1.44. The fraction of sp³-hybridized carbons (Fsp3) is 0.333. The molecule has 0 unspecified atom stereocenters. The van der Waals surface area contributed by atoms with Crippen LogP contribution in [-0.4, -0.2) is 44.2 Å². The Bertz CT molecular complexity index is 807. The van der Waals surface area contributed by atoms with Crippen molar-refractivity contribution in [1.29, 1.82) is 0 Å². The Hall–Kier alpha value is -2.57. The summed E-state index contributed by atoms with van der Waals surface area (Å²) < 4.78 is 0. The van der Waals surface area contributed by atoms with E-state index in [9.17, 15) is 9.59 Å². The van der Waals surface area contributed by atoms with Gasteiger partial charge in [0.2, 0.25) is 0 Å². The zero-order valence-corrected chi connectivity index (χ0v) is 16.7. The van der Waals surface area contributed by atoms with Crippen LogP contribution in [0.25, 0.3) is 0 Å². The molecule has 1 fully saturated rings. The van der Waals surface area contributed by atoms with Crippen LogP contribution in [0.4, 0.5) is 10.5 Å². The Morgan fingerprint density at radius 1 is 1.11 bits per heavy atom. The van der Waals surface area contributed by atoms with Crippen LogP contribution in [0.5, 0.6) is 0 Å². The number of imide groups is 1. The molecule has 0 saturated carbocycles. The van der Waals surface area contributed by atoms with Crippen LogP contribution < -0.4 is 20.4 Å². The summed E-state index contributed by atoms with van der Waals surface area (Å²) in [6.07, 6.45) is 0. The Morgan fingerprint density at radius 2 is 1.82 bits per heavy atom. The lowest BCUT2D eigenvalue weighted by molar-refractivity contribution is -0.914. The van der Waals surface area contributed by atoms with Gasteiger partial charge in [-0.15, -0.1) is 0 Å². The standard InChI is InChI=1S/C21H25ClN4O2/c1-16(20(27)24-21(28)23-15-17-6-3-2-4-7-17)25-10-12-26(13-11-25)19-9-5-8-18(22)14-19/h2-9,14,16H,10-13,15H2,1H3,(H2,23,24,27,28)/p+1/t16-/m1/s1. The maximum absolute atomic E-state index is 12.4. The monoisotopic (exact) mass is 401 g/mol. The smallest absolute Gasteiger partial charge is 0.321 e. The average molecular weight is 402 g/mol. The first-order chi connectivity index (χ1) is 13.5. The van der Waals surface area contributed by atoms with Crippen LogP contribution in [-0.2, 0) is 11.3 Å². The van der Waals surface area contributed by atoms with Gasteiger partial charge in [-0.2, -0.15) is 0 Å². The van der Waals surface area contributed by atoms with E-state index in [4.69, 9.17) is 11.6 Å². The molecule has 28 heavy (non-hydrogen) atoms. The minimum absolute atomic E-state index is 0.253. The van der Waals surface area contributed by atoms with Gasteiger partial charge in [-0.25, -0.2) is 4.79 Å². The van der Waals surface area contributed by atoms with Gasteiger partial charge in [0.05, 0.1) is 26.2 Å². The first-order valence-corrected chi connectivity index (χ1v) is 9.88. The van der Waals surface area contributed by atoms with Gasteiger partial charge in [0.1, 0.15) is 0 Å². The molecule has 0 bridgehead atoms. The molecule has 0 radical (unpaired) electrons. The lowest BCUT2D eigenvalue weighted by atomic mass is 10.2. The molecule has 3 N–H and O–H groups in total. The van der Waals surface area contributed by atoms with Gasteiger partial charge in [-0.3, -0.25) is 10.1 Å². The van der Waals surface area contributed by atoms with Crippen LogP contribution in [0.3, 0.4) is 0 Å². The van der Waals surface area contributed by atoms with Crippen molar-refractivity contribution in [3.63, 3.8) is 0 Å². The van der Waals surface area contributed by atoms with Crippen LogP contribution in [0, 0.1) is 0 Å². The normalized spacial score (nSPS) is 15.7. The first-order valence-electron chi connectivity index (χ1n) is 9.50. The number of urea groups is 1. The summed E-state index contributed by atoms with van der Waals surface area (Å²) >= 11 is 6.08. The van der Waals surface area contributed by atoms with Gasteiger partial charge in [-0.05, 0) is 30.7 Å². The lowest BCUT2D eigenvalue weighted by Gasteiger charge is -2.36. The van der Waals surface area contributed by atoms with Crippen molar-refractivity contribution in [3.05, 3.63) is 65.2 Å². The minimum atomic E-state index is -0.460. The number of rotatable bonds is 5. The predicted molar refractivity (Wildman–Crippen MR) is 111 cm³/mol. The number of quaternary nitrogens is 1. The summed E-state index contributed by atoms with van der Waals surface area (Å²) in [5.41, 5.74) is 2.09. The number of carbonyl (C=O) groups excluding carboxylic acids is 2. The van der Waals surface area contributed by atoms with Gasteiger partial charge in [-0.1, -0.05) is 48.0 Å². The number of halogens is 1. The summed E-state index contributed by atoms with van der Waals surface area (Å²) in [4.78, 5) is 27.9. The molecule has 0 aromatic heterocycles.